The largest absolute Gasteiger partial charge is 0.462 e. The number of aromatic nitrogens is 2. The van der Waals surface area contributed by atoms with Gasteiger partial charge in [0, 0.05) is 18.8 Å². The first-order valence-corrected chi connectivity index (χ1v) is 8.51. The molecule has 0 fully saturated rings. The van der Waals surface area contributed by atoms with E-state index >= 15 is 0 Å². The smallest absolute Gasteiger partial charge is 0.338 e. The maximum atomic E-state index is 12.2. The number of carbonyl (C=O) groups is 2. The molecule has 1 aromatic heterocycles. The van der Waals surface area contributed by atoms with Crippen LogP contribution in [-0.2, 0) is 11.8 Å². The molecule has 3 rings (SSSR count). The molecule has 0 aliphatic heterocycles. The second-order valence-corrected chi connectivity index (χ2v) is 5.78. The van der Waals surface area contributed by atoms with Crippen molar-refractivity contribution >= 4 is 23.5 Å². The van der Waals surface area contributed by atoms with Crippen LogP contribution < -0.4 is 10.6 Å². The standard InChI is InChI=1S/C20H20N4O3/c1-3-27-19(25)15-9-11-16(12-10-15)21-20(26)22-18-13-17(24(2)23-18)14-7-5-4-6-8-14/h4-13H,3H2,1-2H3,(H2,21,22,23,26). The summed E-state index contributed by atoms with van der Waals surface area (Å²) in [5.74, 6) is 0.0485. The Hall–Kier alpha value is -3.61. The second-order valence-electron chi connectivity index (χ2n) is 5.78. The predicted molar refractivity (Wildman–Crippen MR) is 104 cm³/mol. The molecule has 2 amide bonds. The monoisotopic (exact) mass is 364 g/mol. The Labute approximate surface area is 157 Å². The molecule has 2 N–H and O–H groups in total. The van der Waals surface area contributed by atoms with Crippen molar-refractivity contribution in [2.45, 2.75) is 6.92 Å². The summed E-state index contributed by atoms with van der Waals surface area (Å²) in [7, 11) is 1.82. The van der Waals surface area contributed by atoms with Crippen molar-refractivity contribution in [3.63, 3.8) is 0 Å². The fourth-order valence-corrected chi connectivity index (χ4v) is 2.59. The molecule has 0 atom stereocenters. The average molecular weight is 364 g/mol. The normalized spacial score (nSPS) is 10.3. The molecule has 2 aromatic carbocycles. The number of aryl methyl sites for hydroxylation is 1. The van der Waals surface area contributed by atoms with Gasteiger partial charge in [0.15, 0.2) is 5.82 Å². The van der Waals surface area contributed by atoms with Crippen LogP contribution in [0.5, 0.6) is 0 Å². The average Bonchev–Trinajstić information content (AvgIpc) is 3.03. The molecule has 0 unspecified atom stereocenters. The first-order chi connectivity index (χ1) is 13.1. The van der Waals surface area contributed by atoms with Crippen LogP contribution in [-0.4, -0.2) is 28.4 Å². The third-order valence-corrected chi connectivity index (χ3v) is 3.84. The van der Waals surface area contributed by atoms with E-state index in [4.69, 9.17) is 4.74 Å². The van der Waals surface area contributed by atoms with Gasteiger partial charge in [-0.2, -0.15) is 5.10 Å². The number of hydrogen-bond acceptors (Lipinski definition) is 4. The van der Waals surface area contributed by atoms with E-state index in [-0.39, 0.29) is 0 Å². The molecule has 7 heteroatoms. The number of urea groups is 1. The second kappa shape index (κ2) is 8.18. The number of benzene rings is 2. The van der Waals surface area contributed by atoms with Crippen molar-refractivity contribution in [1.29, 1.82) is 0 Å². The molecule has 0 bridgehead atoms. The molecule has 0 aliphatic carbocycles. The topological polar surface area (TPSA) is 85.2 Å². The third kappa shape index (κ3) is 4.52. The molecule has 0 saturated heterocycles. The fraction of sp³-hybridized carbons (Fsp3) is 0.150. The molecular weight excluding hydrogens is 344 g/mol. The zero-order chi connectivity index (χ0) is 19.2. The number of anilines is 2. The molecule has 7 nitrogen and oxygen atoms in total. The van der Waals surface area contributed by atoms with Crippen LogP contribution in [0.3, 0.4) is 0 Å². The number of hydrogen-bond donors (Lipinski definition) is 2. The molecule has 0 spiro atoms. The van der Waals surface area contributed by atoms with Crippen LogP contribution in [0.1, 0.15) is 17.3 Å². The molecule has 3 aromatic rings. The SMILES string of the molecule is CCOC(=O)c1ccc(NC(=O)Nc2cc(-c3ccccc3)n(C)n2)cc1. The Morgan fingerprint density at radius 3 is 2.41 bits per heavy atom. The van der Waals surface area contributed by atoms with Gasteiger partial charge in [-0.15, -0.1) is 0 Å². The van der Waals surface area contributed by atoms with Gasteiger partial charge < -0.3 is 10.1 Å². The quantitative estimate of drug-likeness (QED) is 0.672. The van der Waals surface area contributed by atoms with Crippen LogP contribution >= 0.6 is 0 Å². The summed E-state index contributed by atoms with van der Waals surface area (Å²) in [4.78, 5) is 23.8. The molecule has 0 saturated carbocycles. The number of nitrogens with zero attached hydrogens (tertiary/aromatic N) is 2. The van der Waals surface area contributed by atoms with Crippen LogP contribution in [0.2, 0.25) is 0 Å². The van der Waals surface area contributed by atoms with E-state index in [1.807, 2.05) is 37.4 Å². The number of ether oxygens (including phenoxy) is 1. The Morgan fingerprint density at radius 2 is 1.74 bits per heavy atom. The van der Waals surface area contributed by atoms with Gasteiger partial charge in [-0.05, 0) is 36.8 Å². The lowest BCUT2D eigenvalue weighted by molar-refractivity contribution is 0.0526. The highest BCUT2D eigenvalue weighted by Crippen LogP contribution is 2.21. The summed E-state index contributed by atoms with van der Waals surface area (Å²) in [6.45, 7) is 2.06. The molecule has 27 heavy (non-hydrogen) atoms. The van der Waals surface area contributed by atoms with Gasteiger partial charge in [0.25, 0.3) is 0 Å². The van der Waals surface area contributed by atoms with E-state index in [0.29, 0.717) is 23.7 Å². The minimum Gasteiger partial charge on any atom is -0.462 e. The Balaban J connectivity index is 1.64. The van der Waals surface area contributed by atoms with Crippen molar-refractivity contribution in [3.8, 4) is 11.3 Å². The van der Waals surface area contributed by atoms with E-state index in [9.17, 15) is 9.59 Å². The van der Waals surface area contributed by atoms with E-state index in [1.54, 1.807) is 41.9 Å². The maximum Gasteiger partial charge on any atom is 0.338 e. The minimum atomic E-state index is -0.420. The van der Waals surface area contributed by atoms with E-state index in [0.717, 1.165) is 11.3 Å². The Morgan fingerprint density at radius 1 is 1.04 bits per heavy atom. The van der Waals surface area contributed by atoms with Gasteiger partial charge in [-0.25, -0.2) is 9.59 Å². The number of esters is 1. The number of carbonyl (C=O) groups excluding carboxylic acids is 2. The maximum absolute atomic E-state index is 12.2. The van der Waals surface area contributed by atoms with Gasteiger partial charge in [0.1, 0.15) is 0 Å². The summed E-state index contributed by atoms with van der Waals surface area (Å²) in [6, 6.07) is 17.7. The van der Waals surface area contributed by atoms with Gasteiger partial charge >= 0.3 is 12.0 Å². The van der Waals surface area contributed by atoms with Crippen molar-refractivity contribution in [2.75, 3.05) is 17.2 Å². The number of nitrogens with one attached hydrogen (secondary N) is 2. The highest BCUT2D eigenvalue weighted by atomic mass is 16.5. The van der Waals surface area contributed by atoms with E-state index < -0.39 is 12.0 Å². The lowest BCUT2D eigenvalue weighted by Crippen LogP contribution is -2.19. The lowest BCUT2D eigenvalue weighted by atomic mass is 10.1. The summed E-state index contributed by atoms with van der Waals surface area (Å²) < 4.78 is 6.64. The van der Waals surface area contributed by atoms with E-state index in [2.05, 4.69) is 15.7 Å². The number of rotatable bonds is 5. The van der Waals surface area contributed by atoms with Gasteiger partial charge in [-0.3, -0.25) is 10.00 Å². The Bertz CT molecular complexity index is 934. The molecule has 0 radical (unpaired) electrons. The third-order valence-electron chi connectivity index (χ3n) is 3.84. The van der Waals surface area contributed by atoms with Gasteiger partial charge in [0.05, 0.1) is 17.9 Å². The summed E-state index contributed by atoms with van der Waals surface area (Å²) >= 11 is 0. The summed E-state index contributed by atoms with van der Waals surface area (Å²) in [5, 5.41) is 9.72. The van der Waals surface area contributed by atoms with E-state index in [1.165, 1.54) is 0 Å². The van der Waals surface area contributed by atoms with Crippen molar-refractivity contribution in [2.24, 2.45) is 7.05 Å². The lowest BCUT2D eigenvalue weighted by Gasteiger charge is -2.06. The minimum absolute atomic E-state index is 0.316. The first-order valence-electron chi connectivity index (χ1n) is 8.51. The Kier molecular flexibility index (Phi) is 5.51. The predicted octanol–water partition coefficient (Wildman–Crippen LogP) is 3.91. The van der Waals surface area contributed by atoms with Crippen molar-refractivity contribution < 1.29 is 14.3 Å². The zero-order valence-corrected chi connectivity index (χ0v) is 15.1. The molecular formula is C20H20N4O3. The fourth-order valence-electron chi connectivity index (χ4n) is 2.59. The summed E-state index contributed by atoms with van der Waals surface area (Å²) in [6.07, 6.45) is 0. The summed E-state index contributed by atoms with van der Waals surface area (Å²) in [5.41, 5.74) is 2.89. The van der Waals surface area contributed by atoms with Crippen molar-refractivity contribution in [1.82, 2.24) is 9.78 Å². The number of amides is 2. The van der Waals surface area contributed by atoms with Gasteiger partial charge in [0.2, 0.25) is 0 Å². The molecule has 1 heterocycles. The van der Waals surface area contributed by atoms with Crippen LogP contribution in [0, 0.1) is 0 Å². The van der Waals surface area contributed by atoms with Gasteiger partial charge in [-0.1, -0.05) is 30.3 Å². The zero-order valence-electron chi connectivity index (χ0n) is 15.1. The first kappa shape index (κ1) is 18.2. The molecule has 0 aliphatic rings. The highest BCUT2D eigenvalue weighted by molar-refractivity contribution is 5.99. The highest BCUT2D eigenvalue weighted by Gasteiger charge is 2.11. The van der Waals surface area contributed by atoms with Crippen LogP contribution in [0.25, 0.3) is 11.3 Å². The van der Waals surface area contributed by atoms with Crippen molar-refractivity contribution in [3.05, 3.63) is 66.2 Å². The van der Waals surface area contributed by atoms with Crippen LogP contribution in [0.4, 0.5) is 16.3 Å². The van der Waals surface area contributed by atoms with Crippen LogP contribution in [0.15, 0.2) is 60.7 Å². The molecule has 138 valence electrons.